The fourth-order valence-electron chi connectivity index (χ4n) is 3.14. The van der Waals surface area contributed by atoms with Gasteiger partial charge in [0.05, 0.1) is 0 Å². The molecule has 0 bridgehead atoms. The van der Waals surface area contributed by atoms with Gasteiger partial charge in [-0.3, -0.25) is 9.69 Å². The van der Waals surface area contributed by atoms with Gasteiger partial charge in [-0.05, 0) is 54.1 Å². The van der Waals surface area contributed by atoms with Crippen molar-refractivity contribution >= 4 is 12.0 Å². The first-order chi connectivity index (χ1) is 10.2. The van der Waals surface area contributed by atoms with Crippen LogP contribution in [0.25, 0.3) is 0 Å². The molecule has 1 unspecified atom stereocenters. The van der Waals surface area contributed by atoms with E-state index in [2.05, 4.69) is 4.90 Å². The molecule has 6 heteroatoms. The molecular weight excluding hydrogens is 282 g/mol. The molecule has 2 heterocycles. The van der Waals surface area contributed by atoms with Crippen LogP contribution in [-0.4, -0.2) is 78.1 Å². The summed E-state index contributed by atoms with van der Waals surface area (Å²) in [5.41, 5.74) is -0.531. The zero-order valence-corrected chi connectivity index (χ0v) is 14.5. The van der Waals surface area contributed by atoms with E-state index in [0.29, 0.717) is 12.6 Å². The van der Waals surface area contributed by atoms with Gasteiger partial charge >= 0.3 is 6.09 Å². The molecule has 2 aliphatic heterocycles. The number of ether oxygens (including phenoxy) is 1. The van der Waals surface area contributed by atoms with Crippen LogP contribution in [0.5, 0.6) is 0 Å². The highest BCUT2D eigenvalue weighted by molar-refractivity contribution is 5.86. The maximum Gasteiger partial charge on any atom is 0.410 e. The normalized spacial score (nSPS) is 25.9. The van der Waals surface area contributed by atoms with Crippen LogP contribution in [0, 0.1) is 0 Å². The molecular formula is C16H29N3O3. The van der Waals surface area contributed by atoms with Crippen molar-refractivity contribution in [3.8, 4) is 0 Å². The van der Waals surface area contributed by atoms with Gasteiger partial charge in [-0.1, -0.05) is 0 Å². The lowest BCUT2D eigenvalue weighted by atomic mass is 10.2. The molecule has 0 radical (unpaired) electrons. The van der Waals surface area contributed by atoms with E-state index in [9.17, 15) is 9.59 Å². The van der Waals surface area contributed by atoms with Crippen LogP contribution >= 0.6 is 0 Å². The molecule has 0 N–H and O–H groups in total. The molecule has 0 aromatic heterocycles. The topological polar surface area (TPSA) is 53.1 Å². The van der Waals surface area contributed by atoms with E-state index in [1.165, 1.54) is 0 Å². The third kappa shape index (κ3) is 3.91. The van der Waals surface area contributed by atoms with Gasteiger partial charge < -0.3 is 14.5 Å². The molecule has 22 heavy (non-hydrogen) atoms. The van der Waals surface area contributed by atoms with E-state index in [4.69, 9.17) is 4.74 Å². The number of hydrogen-bond donors (Lipinski definition) is 0. The van der Waals surface area contributed by atoms with Gasteiger partial charge in [-0.15, -0.1) is 0 Å². The van der Waals surface area contributed by atoms with E-state index >= 15 is 0 Å². The Balaban J connectivity index is 1.98. The quantitative estimate of drug-likeness (QED) is 0.776. The van der Waals surface area contributed by atoms with Gasteiger partial charge in [0, 0.05) is 25.7 Å². The van der Waals surface area contributed by atoms with Gasteiger partial charge in [0.1, 0.15) is 11.6 Å². The third-order valence-corrected chi connectivity index (χ3v) is 4.37. The molecule has 2 aliphatic rings. The Bertz CT molecular complexity index is 431. The molecule has 0 aromatic carbocycles. The van der Waals surface area contributed by atoms with Crippen molar-refractivity contribution < 1.29 is 14.3 Å². The zero-order chi connectivity index (χ0) is 16.5. The van der Waals surface area contributed by atoms with Gasteiger partial charge in [-0.25, -0.2) is 4.79 Å². The highest BCUT2D eigenvalue weighted by atomic mass is 16.6. The summed E-state index contributed by atoms with van der Waals surface area (Å²) in [6, 6.07) is 0.0658. The second-order valence-electron chi connectivity index (χ2n) is 7.52. The number of rotatable bonds is 2. The molecule has 2 amide bonds. The first kappa shape index (κ1) is 17.1. The number of carbonyl (C=O) groups excluding carboxylic acids is 2. The second kappa shape index (κ2) is 6.44. The number of amides is 2. The summed E-state index contributed by atoms with van der Waals surface area (Å²) in [4.78, 5) is 30.7. The molecule has 0 spiro atoms. The predicted octanol–water partition coefficient (Wildman–Crippen LogP) is 1.55. The maximum absolute atomic E-state index is 12.8. The molecule has 6 nitrogen and oxygen atoms in total. The average Bonchev–Trinajstić information content (AvgIpc) is 3.05. The first-order valence-electron chi connectivity index (χ1n) is 8.14. The summed E-state index contributed by atoms with van der Waals surface area (Å²) in [6.45, 7) is 7.68. The van der Waals surface area contributed by atoms with Crippen LogP contribution in [0.2, 0.25) is 0 Å². The first-order valence-corrected chi connectivity index (χ1v) is 8.14. The second-order valence-corrected chi connectivity index (χ2v) is 7.52. The number of nitrogens with zero attached hydrogens (tertiary/aromatic N) is 3. The predicted molar refractivity (Wildman–Crippen MR) is 84.6 cm³/mol. The molecule has 2 rings (SSSR count). The monoisotopic (exact) mass is 311 g/mol. The van der Waals surface area contributed by atoms with E-state index in [-0.39, 0.29) is 18.0 Å². The van der Waals surface area contributed by atoms with E-state index in [1.807, 2.05) is 39.8 Å². The average molecular weight is 311 g/mol. The minimum atomic E-state index is -0.531. The Morgan fingerprint density at radius 2 is 1.82 bits per heavy atom. The minimum absolute atomic E-state index is 0.0766. The van der Waals surface area contributed by atoms with Crippen LogP contribution in [-0.2, 0) is 9.53 Å². The lowest BCUT2D eigenvalue weighted by molar-refractivity contribution is -0.135. The molecule has 2 atom stereocenters. The van der Waals surface area contributed by atoms with E-state index < -0.39 is 5.60 Å². The van der Waals surface area contributed by atoms with Crippen molar-refractivity contribution in [2.75, 3.05) is 33.7 Å². The fourth-order valence-corrected chi connectivity index (χ4v) is 3.14. The van der Waals surface area contributed by atoms with Crippen molar-refractivity contribution in [3.63, 3.8) is 0 Å². The van der Waals surface area contributed by atoms with Crippen LogP contribution in [0.15, 0.2) is 0 Å². The Morgan fingerprint density at radius 3 is 2.36 bits per heavy atom. The van der Waals surface area contributed by atoms with Gasteiger partial charge in [0.15, 0.2) is 0 Å². The summed E-state index contributed by atoms with van der Waals surface area (Å²) in [5, 5.41) is 0. The molecule has 2 saturated heterocycles. The van der Waals surface area contributed by atoms with Crippen LogP contribution < -0.4 is 0 Å². The van der Waals surface area contributed by atoms with E-state index in [0.717, 1.165) is 32.4 Å². The Hall–Kier alpha value is -1.30. The minimum Gasteiger partial charge on any atom is -0.444 e. The molecule has 0 aromatic rings. The largest absolute Gasteiger partial charge is 0.444 e. The summed E-state index contributed by atoms with van der Waals surface area (Å²) >= 11 is 0. The van der Waals surface area contributed by atoms with Crippen LogP contribution in [0.4, 0.5) is 4.79 Å². The lowest BCUT2D eigenvalue weighted by Crippen LogP contribution is -2.49. The summed E-state index contributed by atoms with van der Waals surface area (Å²) < 4.78 is 5.43. The molecule has 0 aliphatic carbocycles. The molecule has 2 fully saturated rings. The summed E-state index contributed by atoms with van der Waals surface area (Å²) in [6.07, 6.45) is 2.23. The Kier molecular flexibility index (Phi) is 5.00. The third-order valence-electron chi connectivity index (χ3n) is 4.37. The summed E-state index contributed by atoms with van der Waals surface area (Å²) in [7, 11) is 4.09. The number of likely N-dealkylation sites (tertiary alicyclic amines) is 2. The Labute approximate surface area is 133 Å². The smallest absolute Gasteiger partial charge is 0.410 e. The molecule has 0 saturated carbocycles. The van der Waals surface area contributed by atoms with Crippen molar-refractivity contribution in [2.24, 2.45) is 0 Å². The van der Waals surface area contributed by atoms with Crippen molar-refractivity contribution in [1.82, 2.24) is 14.7 Å². The van der Waals surface area contributed by atoms with Gasteiger partial charge in [-0.2, -0.15) is 0 Å². The van der Waals surface area contributed by atoms with Crippen molar-refractivity contribution in [1.29, 1.82) is 0 Å². The highest BCUT2D eigenvalue weighted by Crippen LogP contribution is 2.24. The van der Waals surface area contributed by atoms with Gasteiger partial charge in [0.2, 0.25) is 5.91 Å². The number of likely N-dealkylation sites (N-methyl/N-ethyl adjacent to an activating group) is 1. The standard InChI is InChI=1S/C16H29N3O3/c1-16(2,3)22-15(21)19-9-6-7-13(19)14(20)18-10-8-12(11-18)17(4)5/h12-13H,6-11H2,1-5H3/t12?,13-/m1/s1. The maximum atomic E-state index is 12.8. The SMILES string of the molecule is CN(C)C1CCN(C(=O)[C@H]2CCCN2C(=O)OC(C)(C)C)C1. The van der Waals surface area contributed by atoms with Crippen LogP contribution in [0.3, 0.4) is 0 Å². The number of hydrogen-bond acceptors (Lipinski definition) is 4. The van der Waals surface area contributed by atoms with Crippen molar-refractivity contribution in [2.45, 2.75) is 57.7 Å². The van der Waals surface area contributed by atoms with Crippen molar-refractivity contribution in [3.05, 3.63) is 0 Å². The molecule has 126 valence electrons. The number of carbonyl (C=O) groups is 2. The zero-order valence-electron chi connectivity index (χ0n) is 14.5. The van der Waals surface area contributed by atoms with Gasteiger partial charge in [0.25, 0.3) is 0 Å². The highest BCUT2D eigenvalue weighted by Gasteiger charge is 2.40. The van der Waals surface area contributed by atoms with E-state index in [1.54, 1.807) is 4.90 Å². The lowest BCUT2D eigenvalue weighted by Gasteiger charge is -2.30. The Morgan fingerprint density at radius 1 is 1.14 bits per heavy atom. The van der Waals surface area contributed by atoms with Crippen LogP contribution in [0.1, 0.15) is 40.0 Å². The fraction of sp³-hybridized carbons (Fsp3) is 0.875. The summed E-state index contributed by atoms with van der Waals surface area (Å²) in [5.74, 6) is 0.0766.